The first-order valence-corrected chi connectivity index (χ1v) is 9.17. The van der Waals surface area contributed by atoms with E-state index in [1.165, 1.54) is 13.3 Å². The maximum Gasteiger partial charge on any atom is 0.234 e. The molecule has 0 aliphatic carbocycles. The maximum atomic E-state index is 12.6. The predicted octanol–water partition coefficient (Wildman–Crippen LogP) is 2.80. The topological polar surface area (TPSA) is 116 Å². The smallest absolute Gasteiger partial charge is 0.234 e. The first-order chi connectivity index (χ1) is 12.4. The average Bonchev–Trinajstić information content (AvgIpc) is 2.61. The summed E-state index contributed by atoms with van der Waals surface area (Å²) in [6, 6.07) is 7.85. The van der Waals surface area contributed by atoms with Gasteiger partial charge in [0.25, 0.3) is 0 Å². The van der Waals surface area contributed by atoms with Crippen molar-refractivity contribution < 1.29 is 9.53 Å². The molecule has 4 N–H and O–H groups in total. The molecule has 0 spiro atoms. The standard InChI is InChI=1S/C18H21N5O2S.CH4/c1-18(6-7-26-17(20)23-18)12-5-3-4-11(8-12)9-13(24)15-16(19)22-14(25-2)10-21-15;/h3-5,8,10H,6-7,9H2,1-2H3,(H2,19,22)(H2,20,23);1H4/t18-;/m0./s1. The molecule has 3 rings (SSSR count). The van der Waals surface area contributed by atoms with Gasteiger partial charge in [-0.3, -0.25) is 9.79 Å². The zero-order valence-electron chi connectivity index (χ0n) is 14.7. The van der Waals surface area contributed by atoms with E-state index < -0.39 is 0 Å². The van der Waals surface area contributed by atoms with Crippen molar-refractivity contribution in [2.24, 2.45) is 10.7 Å². The molecular formula is C19H25N5O2S. The molecule has 1 aliphatic rings. The second-order valence-corrected chi connectivity index (χ2v) is 7.38. The van der Waals surface area contributed by atoms with Crippen LogP contribution in [0.5, 0.6) is 5.88 Å². The molecule has 0 bridgehead atoms. The van der Waals surface area contributed by atoms with Crippen molar-refractivity contribution in [3.05, 3.63) is 47.3 Å². The minimum Gasteiger partial charge on any atom is -0.480 e. The highest BCUT2D eigenvalue weighted by Crippen LogP contribution is 2.35. The number of hydrogen-bond donors (Lipinski definition) is 2. The molecule has 7 nitrogen and oxygen atoms in total. The second kappa shape index (κ2) is 8.39. The summed E-state index contributed by atoms with van der Waals surface area (Å²) in [7, 11) is 1.47. The highest BCUT2D eigenvalue weighted by Gasteiger charge is 2.29. The number of aromatic nitrogens is 2. The zero-order valence-corrected chi connectivity index (χ0v) is 15.5. The highest BCUT2D eigenvalue weighted by molar-refractivity contribution is 8.13. The van der Waals surface area contributed by atoms with E-state index in [0.717, 1.165) is 23.3 Å². The van der Waals surface area contributed by atoms with Crippen LogP contribution in [0.2, 0.25) is 0 Å². The van der Waals surface area contributed by atoms with Gasteiger partial charge in [-0.2, -0.15) is 4.98 Å². The first kappa shape index (κ1) is 20.7. The van der Waals surface area contributed by atoms with Crippen LogP contribution < -0.4 is 16.2 Å². The fourth-order valence-electron chi connectivity index (χ4n) is 2.88. The third kappa shape index (κ3) is 4.57. The number of aliphatic imine (C=N–C) groups is 1. The van der Waals surface area contributed by atoms with E-state index in [1.54, 1.807) is 11.8 Å². The molecule has 0 saturated heterocycles. The lowest BCUT2D eigenvalue weighted by atomic mass is 9.88. The van der Waals surface area contributed by atoms with Crippen LogP contribution in [-0.4, -0.2) is 33.8 Å². The number of thioether (sulfide) groups is 1. The molecule has 2 heterocycles. The zero-order chi connectivity index (χ0) is 18.7. The fraction of sp³-hybridized carbons (Fsp3) is 0.368. The normalized spacial score (nSPS) is 19.0. The van der Waals surface area contributed by atoms with Gasteiger partial charge in [0.15, 0.2) is 16.8 Å². The molecule has 0 unspecified atom stereocenters. The Balaban J connectivity index is 0.00000261. The van der Waals surface area contributed by atoms with Crippen LogP contribution in [0.4, 0.5) is 5.82 Å². The van der Waals surface area contributed by atoms with Crippen molar-refractivity contribution in [2.75, 3.05) is 18.6 Å². The number of amidine groups is 1. The third-order valence-corrected chi connectivity index (χ3v) is 5.16. The summed E-state index contributed by atoms with van der Waals surface area (Å²) in [6.45, 7) is 2.06. The van der Waals surface area contributed by atoms with E-state index in [0.29, 0.717) is 5.17 Å². The molecule has 1 atom stereocenters. The Morgan fingerprint density at radius 3 is 2.81 bits per heavy atom. The van der Waals surface area contributed by atoms with Crippen molar-refractivity contribution in [3.8, 4) is 5.88 Å². The number of nitrogens with two attached hydrogens (primary N) is 2. The van der Waals surface area contributed by atoms with Gasteiger partial charge < -0.3 is 16.2 Å². The highest BCUT2D eigenvalue weighted by atomic mass is 32.2. The Morgan fingerprint density at radius 2 is 2.15 bits per heavy atom. The number of nitrogens with zero attached hydrogens (tertiary/aromatic N) is 3. The lowest BCUT2D eigenvalue weighted by molar-refractivity contribution is 0.0988. The number of ketones is 1. The number of rotatable bonds is 5. The summed E-state index contributed by atoms with van der Waals surface area (Å²) in [5, 5.41) is 0.599. The number of Topliss-reactive ketones (excluding diaryl/α,β-unsaturated/α-hetero) is 1. The van der Waals surface area contributed by atoms with Gasteiger partial charge in [0.2, 0.25) is 5.88 Å². The predicted molar refractivity (Wildman–Crippen MR) is 110 cm³/mol. The molecule has 0 fully saturated rings. The summed E-state index contributed by atoms with van der Waals surface area (Å²) >= 11 is 1.57. The SMILES string of the molecule is C.COc1cnc(C(=O)Cc2cccc([C@]3(C)CCSC(N)=N3)c2)c(N)n1. The molecular weight excluding hydrogens is 362 g/mol. The minimum absolute atomic E-state index is 0. The average molecular weight is 388 g/mol. The lowest BCUT2D eigenvalue weighted by Gasteiger charge is -2.30. The molecule has 8 heteroatoms. The van der Waals surface area contributed by atoms with E-state index in [4.69, 9.17) is 16.2 Å². The largest absolute Gasteiger partial charge is 0.480 e. The Bertz CT molecular complexity index is 871. The van der Waals surface area contributed by atoms with Crippen LogP contribution in [0.3, 0.4) is 0 Å². The van der Waals surface area contributed by atoms with Gasteiger partial charge in [-0.15, -0.1) is 0 Å². The van der Waals surface area contributed by atoms with Crippen molar-refractivity contribution >= 4 is 28.5 Å². The van der Waals surface area contributed by atoms with Crippen LogP contribution in [0, 0.1) is 0 Å². The van der Waals surface area contributed by atoms with E-state index in [-0.39, 0.29) is 42.6 Å². The Hall–Kier alpha value is -2.61. The van der Waals surface area contributed by atoms with Gasteiger partial charge >= 0.3 is 0 Å². The van der Waals surface area contributed by atoms with Crippen molar-refractivity contribution in [2.45, 2.75) is 32.7 Å². The Labute approximate surface area is 163 Å². The van der Waals surface area contributed by atoms with Crippen LogP contribution >= 0.6 is 11.8 Å². The van der Waals surface area contributed by atoms with E-state index in [1.807, 2.05) is 24.3 Å². The van der Waals surface area contributed by atoms with Crippen LogP contribution in [0.15, 0.2) is 35.5 Å². The summed E-state index contributed by atoms with van der Waals surface area (Å²) in [4.78, 5) is 25.3. The second-order valence-electron chi connectivity index (χ2n) is 6.27. The number of anilines is 1. The van der Waals surface area contributed by atoms with Crippen LogP contribution in [0.1, 0.15) is 42.4 Å². The van der Waals surface area contributed by atoms with Gasteiger partial charge in [-0.25, -0.2) is 4.98 Å². The number of methoxy groups -OCH3 is 1. The van der Waals surface area contributed by atoms with Crippen molar-refractivity contribution in [1.29, 1.82) is 0 Å². The van der Waals surface area contributed by atoms with Gasteiger partial charge in [0.1, 0.15) is 5.69 Å². The summed E-state index contributed by atoms with van der Waals surface area (Å²) in [5.41, 5.74) is 13.4. The van der Waals surface area contributed by atoms with Crippen LogP contribution in [-0.2, 0) is 12.0 Å². The molecule has 1 aromatic heterocycles. The Kier molecular flexibility index (Phi) is 6.43. The van der Waals surface area contributed by atoms with Gasteiger partial charge in [-0.05, 0) is 24.5 Å². The number of hydrogen-bond acceptors (Lipinski definition) is 8. The van der Waals surface area contributed by atoms with E-state index >= 15 is 0 Å². The summed E-state index contributed by atoms with van der Waals surface area (Å²) in [5.74, 6) is 1.08. The quantitative estimate of drug-likeness (QED) is 0.758. The monoisotopic (exact) mass is 387 g/mol. The lowest BCUT2D eigenvalue weighted by Crippen LogP contribution is -2.28. The summed E-state index contributed by atoms with van der Waals surface area (Å²) < 4.78 is 4.96. The molecule has 1 aromatic carbocycles. The number of carbonyl (C=O) groups excluding carboxylic acids is 1. The van der Waals surface area contributed by atoms with Crippen LogP contribution in [0.25, 0.3) is 0 Å². The molecule has 144 valence electrons. The minimum atomic E-state index is -0.368. The number of nitrogen functional groups attached to an aromatic ring is 1. The molecule has 2 aromatic rings. The van der Waals surface area contributed by atoms with E-state index in [2.05, 4.69) is 21.9 Å². The maximum absolute atomic E-state index is 12.6. The molecule has 0 amide bonds. The van der Waals surface area contributed by atoms with Gasteiger partial charge in [-0.1, -0.05) is 43.5 Å². The van der Waals surface area contributed by atoms with E-state index in [9.17, 15) is 4.79 Å². The van der Waals surface area contributed by atoms with Gasteiger partial charge in [0.05, 0.1) is 18.8 Å². The molecule has 0 radical (unpaired) electrons. The molecule has 0 saturated carbocycles. The summed E-state index contributed by atoms with van der Waals surface area (Å²) in [6.07, 6.45) is 2.47. The fourth-order valence-corrected chi connectivity index (χ4v) is 3.85. The Morgan fingerprint density at radius 1 is 1.37 bits per heavy atom. The number of carbonyl (C=O) groups is 1. The first-order valence-electron chi connectivity index (χ1n) is 8.18. The molecule has 27 heavy (non-hydrogen) atoms. The van der Waals surface area contributed by atoms with Crippen molar-refractivity contribution in [1.82, 2.24) is 9.97 Å². The number of ether oxygens (including phenoxy) is 1. The third-order valence-electron chi connectivity index (χ3n) is 4.36. The number of benzene rings is 1. The molecule has 1 aliphatic heterocycles. The van der Waals surface area contributed by atoms with Crippen molar-refractivity contribution in [3.63, 3.8) is 0 Å². The van der Waals surface area contributed by atoms with Gasteiger partial charge in [0, 0.05) is 12.2 Å².